The Balaban J connectivity index is 2.78. The predicted molar refractivity (Wildman–Crippen MR) is 61.5 cm³/mol. The summed E-state index contributed by atoms with van der Waals surface area (Å²) in [5.41, 5.74) is 6.86. The van der Waals surface area contributed by atoms with Crippen LogP contribution in [0.15, 0.2) is 18.2 Å². The molecule has 1 aromatic carbocycles. The first kappa shape index (κ1) is 11.9. The molecular weight excluding hydrogens is 190 g/mol. The van der Waals surface area contributed by atoms with Gasteiger partial charge < -0.3 is 15.2 Å². The lowest BCUT2D eigenvalue weighted by Gasteiger charge is -2.13. The molecule has 1 aromatic rings. The Morgan fingerprint density at radius 3 is 2.60 bits per heavy atom. The number of hydrogen-bond donors (Lipinski definition) is 1. The molecule has 0 aliphatic heterocycles. The van der Waals surface area contributed by atoms with E-state index in [1.807, 2.05) is 25.1 Å². The van der Waals surface area contributed by atoms with Crippen molar-refractivity contribution in [2.75, 3.05) is 13.7 Å². The molecule has 0 saturated heterocycles. The van der Waals surface area contributed by atoms with Crippen molar-refractivity contribution in [3.05, 3.63) is 23.8 Å². The van der Waals surface area contributed by atoms with Gasteiger partial charge in [-0.05, 0) is 31.0 Å². The van der Waals surface area contributed by atoms with Crippen molar-refractivity contribution in [2.45, 2.75) is 26.3 Å². The van der Waals surface area contributed by atoms with Crippen LogP contribution in [0.25, 0.3) is 0 Å². The first-order valence-electron chi connectivity index (χ1n) is 5.22. The van der Waals surface area contributed by atoms with Gasteiger partial charge in [0.05, 0.1) is 7.11 Å². The third kappa shape index (κ3) is 3.44. The van der Waals surface area contributed by atoms with Crippen molar-refractivity contribution in [1.82, 2.24) is 0 Å². The fourth-order valence-electron chi connectivity index (χ4n) is 1.27. The van der Waals surface area contributed by atoms with Gasteiger partial charge in [0.1, 0.15) is 6.61 Å². The van der Waals surface area contributed by atoms with Gasteiger partial charge in [0.15, 0.2) is 11.5 Å². The van der Waals surface area contributed by atoms with Crippen LogP contribution >= 0.6 is 0 Å². The zero-order chi connectivity index (χ0) is 11.3. The first-order valence-corrected chi connectivity index (χ1v) is 5.22. The van der Waals surface area contributed by atoms with Crippen molar-refractivity contribution in [3.63, 3.8) is 0 Å². The standard InChI is InChI=1S/C12H19NO2/c1-4-10-5-6-11(12(7-10)14-3)15-8-9(2)13/h5-7,9H,4,8,13H2,1-3H3/t9-/m0/s1. The maximum absolute atomic E-state index is 5.62. The zero-order valence-electron chi connectivity index (χ0n) is 9.62. The lowest BCUT2D eigenvalue weighted by atomic mass is 10.1. The number of ether oxygens (including phenoxy) is 2. The molecule has 1 rings (SSSR count). The number of methoxy groups -OCH3 is 1. The number of benzene rings is 1. The molecule has 1 atom stereocenters. The maximum atomic E-state index is 5.62. The smallest absolute Gasteiger partial charge is 0.161 e. The van der Waals surface area contributed by atoms with Crippen molar-refractivity contribution >= 4 is 0 Å². The van der Waals surface area contributed by atoms with Gasteiger partial charge in [-0.15, -0.1) is 0 Å². The molecule has 0 radical (unpaired) electrons. The molecule has 0 aromatic heterocycles. The lowest BCUT2D eigenvalue weighted by Crippen LogP contribution is -2.23. The molecule has 0 spiro atoms. The second-order valence-electron chi connectivity index (χ2n) is 3.63. The Labute approximate surface area is 91.2 Å². The van der Waals surface area contributed by atoms with Gasteiger partial charge in [-0.3, -0.25) is 0 Å². The van der Waals surface area contributed by atoms with Crippen molar-refractivity contribution in [3.8, 4) is 11.5 Å². The van der Waals surface area contributed by atoms with Crippen LogP contribution < -0.4 is 15.2 Å². The van der Waals surface area contributed by atoms with Crippen LogP contribution in [-0.4, -0.2) is 19.8 Å². The van der Waals surface area contributed by atoms with E-state index in [1.165, 1.54) is 5.56 Å². The van der Waals surface area contributed by atoms with Crippen LogP contribution in [0.1, 0.15) is 19.4 Å². The van der Waals surface area contributed by atoms with E-state index < -0.39 is 0 Å². The number of aryl methyl sites for hydroxylation is 1. The van der Waals surface area contributed by atoms with E-state index in [0.717, 1.165) is 17.9 Å². The minimum atomic E-state index is 0.0283. The van der Waals surface area contributed by atoms with Gasteiger partial charge in [-0.2, -0.15) is 0 Å². The topological polar surface area (TPSA) is 44.5 Å². The van der Waals surface area contributed by atoms with Gasteiger partial charge in [-0.1, -0.05) is 13.0 Å². The summed E-state index contributed by atoms with van der Waals surface area (Å²) in [6.45, 7) is 4.52. The summed E-state index contributed by atoms with van der Waals surface area (Å²) < 4.78 is 10.8. The average Bonchev–Trinajstić information content (AvgIpc) is 2.25. The lowest BCUT2D eigenvalue weighted by molar-refractivity contribution is 0.278. The third-order valence-corrected chi connectivity index (χ3v) is 2.14. The highest BCUT2D eigenvalue weighted by Gasteiger charge is 2.05. The molecule has 0 saturated carbocycles. The van der Waals surface area contributed by atoms with Crippen molar-refractivity contribution in [2.24, 2.45) is 5.73 Å². The molecule has 3 heteroatoms. The number of nitrogens with two attached hydrogens (primary N) is 1. The summed E-state index contributed by atoms with van der Waals surface area (Å²) in [6.07, 6.45) is 0.990. The van der Waals surface area contributed by atoms with E-state index in [9.17, 15) is 0 Å². The fraction of sp³-hybridized carbons (Fsp3) is 0.500. The number of hydrogen-bond acceptors (Lipinski definition) is 3. The van der Waals surface area contributed by atoms with Crippen LogP contribution in [0.5, 0.6) is 11.5 Å². The SMILES string of the molecule is CCc1ccc(OC[C@H](C)N)c(OC)c1. The highest BCUT2D eigenvalue weighted by Crippen LogP contribution is 2.28. The summed E-state index contributed by atoms with van der Waals surface area (Å²) in [4.78, 5) is 0. The van der Waals surface area contributed by atoms with Crippen LogP contribution in [0.2, 0.25) is 0 Å². The van der Waals surface area contributed by atoms with Gasteiger partial charge >= 0.3 is 0 Å². The molecule has 0 aliphatic rings. The molecule has 0 aliphatic carbocycles. The van der Waals surface area contributed by atoms with E-state index in [1.54, 1.807) is 7.11 Å². The molecule has 15 heavy (non-hydrogen) atoms. The highest BCUT2D eigenvalue weighted by atomic mass is 16.5. The Bertz CT molecular complexity index is 310. The van der Waals surface area contributed by atoms with Gasteiger partial charge in [0.25, 0.3) is 0 Å². The molecular formula is C12H19NO2. The van der Waals surface area contributed by atoms with Crippen molar-refractivity contribution < 1.29 is 9.47 Å². The Kier molecular flexibility index (Phi) is 4.43. The number of rotatable bonds is 5. The van der Waals surface area contributed by atoms with Crippen LogP contribution in [0.3, 0.4) is 0 Å². The molecule has 84 valence electrons. The average molecular weight is 209 g/mol. The van der Waals surface area contributed by atoms with Gasteiger partial charge in [-0.25, -0.2) is 0 Å². The summed E-state index contributed by atoms with van der Waals surface area (Å²) in [5, 5.41) is 0. The molecule has 3 nitrogen and oxygen atoms in total. The molecule has 2 N–H and O–H groups in total. The van der Waals surface area contributed by atoms with Crippen LogP contribution in [0, 0.1) is 0 Å². The monoisotopic (exact) mass is 209 g/mol. The van der Waals surface area contributed by atoms with Gasteiger partial charge in [0.2, 0.25) is 0 Å². The molecule has 0 fully saturated rings. The van der Waals surface area contributed by atoms with E-state index >= 15 is 0 Å². The van der Waals surface area contributed by atoms with Crippen LogP contribution in [0.4, 0.5) is 0 Å². The Morgan fingerprint density at radius 1 is 1.33 bits per heavy atom. The normalized spacial score (nSPS) is 12.3. The van der Waals surface area contributed by atoms with E-state index in [0.29, 0.717) is 6.61 Å². The zero-order valence-corrected chi connectivity index (χ0v) is 9.62. The minimum absolute atomic E-state index is 0.0283. The molecule has 0 heterocycles. The van der Waals surface area contributed by atoms with Crippen molar-refractivity contribution in [1.29, 1.82) is 0 Å². The largest absolute Gasteiger partial charge is 0.493 e. The summed E-state index contributed by atoms with van der Waals surface area (Å²) in [5.74, 6) is 1.53. The third-order valence-electron chi connectivity index (χ3n) is 2.14. The van der Waals surface area contributed by atoms with E-state index in [-0.39, 0.29) is 6.04 Å². The fourth-order valence-corrected chi connectivity index (χ4v) is 1.27. The highest BCUT2D eigenvalue weighted by molar-refractivity contribution is 5.42. The van der Waals surface area contributed by atoms with E-state index in [4.69, 9.17) is 15.2 Å². The summed E-state index contributed by atoms with van der Waals surface area (Å²) in [7, 11) is 1.65. The second-order valence-corrected chi connectivity index (χ2v) is 3.63. The van der Waals surface area contributed by atoms with E-state index in [2.05, 4.69) is 6.92 Å². The second kappa shape index (κ2) is 5.61. The maximum Gasteiger partial charge on any atom is 0.161 e. The summed E-state index contributed by atoms with van der Waals surface area (Å²) in [6, 6.07) is 6.00. The predicted octanol–water partition coefficient (Wildman–Crippen LogP) is 1.98. The Hall–Kier alpha value is -1.22. The van der Waals surface area contributed by atoms with Gasteiger partial charge in [0, 0.05) is 6.04 Å². The molecule has 0 unspecified atom stereocenters. The molecule has 0 bridgehead atoms. The first-order chi connectivity index (χ1) is 7.17. The quantitative estimate of drug-likeness (QED) is 0.806. The molecule has 0 amide bonds. The van der Waals surface area contributed by atoms with Crippen LogP contribution in [-0.2, 0) is 6.42 Å². The Morgan fingerprint density at radius 2 is 2.07 bits per heavy atom. The summed E-state index contributed by atoms with van der Waals surface area (Å²) >= 11 is 0. The minimum Gasteiger partial charge on any atom is -0.493 e.